The molecule has 0 bridgehead atoms. The molecule has 0 spiro atoms. The molecule has 86 valence electrons. The van der Waals surface area contributed by atoms with Crippen molar-refractivity contribution in [1.29, 1.82) is 0 Å². The molecule has 0 radical (unpaired) electrons. The van der Waals surface area contributed by atoms with Crippen LogP contribution in [0.1, 0.15) is 18.4 Å². The molecule has 1 aromatic carbocycles. The Morgan fingerprint density at radius 1 is 1.38 bits per heavy atom. The number of carbonyl (C=O) groups is 1. The van der Waals surface area contributed by atoms with E-state index in [0.29, 0.717) is 12.8 Å². The third-order valence-electron chi connectivity index (χ3n) is 2.19. The lowest BCUT2D eigenvalue weighted by atomic mass is 10.2. The average molecular weight is 218 g/mol. The van der Waals surface area contributed by atoms with Crippen LogP contribution >= 0.6 is 0 Å². The second-order valence-corrected chi connectivity index (χ2v) is 3.60. The Morgan fingerprint density at radius 2 is 2.06 bits per heavy atom. The minimum atomic E-state index is 0.0290. The fourth-order valence-electron chi connectivity index (χ4n) is 1.37. The van der Waals surface area contributed by atoms with E-state index >= 15 is 0 Å². The zero-order chi connectivity index (χ0) is 11.8. The molecule has 0 saturated carbocycles. The second-order valence-electron chi connectivity index (χ2n) is 3.60. The molecule has 0 aliphatic carbocycles. The normalized spacial score (nSPS) is 9.81. The van der Waals surface area contributed by atoms with Gasteiger partial charge in [-0.1, -0.05) is 18.2 Å². The summed E-state index contributed by atoms with van der Waals surface area (Å²) in [5, 5.41) is 5.91. The lowest BCUT2D eigenvalue weighted by molar-refractivity contribution is -0.116. The summed E-state index contributed by atoms with van der Waals surface area (Å²) in [6, 6.07) is 7.83. The van der Waals surface area contributed by atoms with Gasteiger partial charge in [-0.25, -0.2) is 0 Å². The maximum Gasteiger partial charge on any atom is 0.224 e. The largest absolute Gasteiger partial charge is 0.326 e. The van der Waals surface area contributed by atoms with Gasteiger partial charge < -0.3 is 10.6 Å². The summed E-state index contributed by atoms with van der Waals surface area (Å²) in [6.45, 7) is 4.42. The van der Waals surface area contributed by atoms with Gasteiger partial charge in [0.05, 0.1) is 0 Å². The second kappa shape index (κ2) is 6.80. The van der Waals surface area contributed by atoms with Gasteiger partial charge in [0.15, 0.2) is 0 Å². The Balaban J connectivity index is 2.48. The third-order valence-corrected chi connectivity index (χ3v) is 2.19. The number of allylic oxidation sites excluding steroid dienone is 1. The van der Waals surface area contributed by atoms with E-state index in [4.69, 9.17) is 0 Å². The number of benzene rings is 1. The van der Waals surface area contributed by atoms with E-state index in [-0.39, 0.29) is 5.91 Å². The SMILES string of the molecule is C=CCCC(=O)Nc1ccc(CNC)cc1. The van der Waals surface area contributed by atoms with Crippen LogP contribution < -0.4 is 10.6 Å². The summed E-state index contributed by atoms with van der Waals surface area (Å²) < 4.78 is 0. The standard InChI is InChI=1S/C13H18N2O/c1-3-4-5-13(16)15-12-8-6-11(7-9-12)10-14-2/h3,6-9,14H,1,4-5,10H2,2H3,(H,15,16). The lowest BCUT2D eigenvalue weighted by Crippen LogP contribution is -2.11. The fourth-order valence-corrected chi connectivity index (χ4v) is 1.37. The van der Waals surface area contributed by atoms with E-state index in [1.54, 1.807) is 6.08 Å². The van der Waals surface area contributed by atoms with Crippen molar-refractivity contribution >= 4 is 11.6 Å². The van der Waals surface area contributed by atoms with Crippen LogP contribution in [-0.2, 0) is 11.3 Å². The van der Waals surface area contributed by atoms with Gasteiger partial charge in [0.2, 0.25) is 5.91 Å². The maximum absolute atomic E-state index is 11.4. The number of hydrogen-bond acceptors (Lipinski definition) is 2. The zero-order valence-electron chi connectivity index (χ0n) is 9.62. The molecule has 3 nitrogen and oxygen atoms in total. The van der Waals surface area contributed by atoms with E-state index in [0.717, 1.165) is 12.2 Å². The molecule has 1 aromatic rings. The molecule has 2 N–H and O–H groups in total. The average Bonchev–Trinajstić information content (AvgIpc) is 2.29. The molecule has 3 heteroatoms. The number of hydrogen-bond donors (Lipinski definition) is 2. The quantitative estimate of drug-likeness (QED) is 0.719. The highest BCUT2D eigenvalue weighted by Gasteiger charge is 2.00. The first-order chi connectivity index (χ1) is 7.76. The maximum atomic E-state index is 11.4. The Kier molecular flexibility index (Phi) is 5.29. The molecule has 0 fully saturated rings. The van der Waals surface area contributed by atoms with Gasteiger partial charge in [-0.05, 0) is 31.2 Å². The number of rotatable bonds is 6. The van der Waals surface area contributed by atoms with Crippen molar-refractivity contribution in [3.8, 4) is 0 Å². The number of nitrogens with one attached hydrogen (secondary N) is 2. The van der Waals surface area contributed by atoms with Crippen LogP contribution in [0.5, 0.6) is 0 Å². The van der Waals surface area contributed by atoms with Gasteiger partial charge in [-0.2, -0.15) is 0 Å². The van der Waals surface area contributed by atoms with Crippen LogP contribution in [0.2, 0.25) is 0 Å². The molecule has 16 heavy (non-hydrogen) atoms. The summed E-state index contributed by atoms with van der Waals surface area (Å²) in [5.41, 5.74) is 2.04. The first kappa shape index (κ1) is 12.5. The van der Waals surface area contributed by atoms with Gasteiger partial charge in [0.1, 0.15) is 0 Å². The molecular weight excluding hydrogens is 200 g/mol. The predicted octanol–water partition coefficient (Wildman–Crippen LogP) is 2.31. The van der Waals surface area contributed by atoms with E-state index in [9.17, 15) is 4.79 Å². The number of anilines is 1. The van der Waals surface area contributed by atoms with Crippen LogP contribution in [0.3, 0.4) is 0 Å². The first-order valence-corrected chi connectivity index (χ1v) is 5.40. The molecule has 0 unspecified atom stereocenters. The number of carbonyl (C=O) groups excluding carboxylic acids is 1. The zero-order valence-corrected chi connectivity index (χ0v) is 9.62. The van der Waals surface area contributed by atoms with Crippen LogP contribution in [0.4, 0.5) is 5.69 Å². The molecule has 0 heterocycles. The summed E-state index contributed by atoms with van der Waals surface area (Å²) >= 11 is 0. The third kappa shape index (κ3) is 4.28. The van der Waals surface area contributed by atoms with Crippen molar-refractivity contribution in [1.82, 2.24) is 5.32 Å². The predicted molar refractivity (Wildman–Crippen MR) is 67.3 cm³/mol. The molecule has 0 atom stereocenters. The Morgan fingerprint density at radius 3 is 2.62 bits per heavy atom. The Bertz CT molecular complexity index is 343. The van der Waals surface area contributed by atoms with Gasteiger partial charge >= 0.3 is 0 Å². The molecule has 0 aliphatic rings. The minimum Gasteiger partial charge on any atom is -0.326 e. The van der Waals surface area contributed by atoms with Crippen molar-refractivity contribution in [2.75, 3.05) is 12.4 Å². The van der Waals surface area contributed by atoms with Crippen molar-refractivity contribution < 1.29 is 4.79 Å². The van der Waals surface area contributed by atoms with E-state index in [1.807, 2.05) is 31.3 Å². The van der Waals surface area contributed by atoms with E-state index in [1.165, 1.54) is 5.56 Å². The highest BCUT2D eigenvalue weighted by atomic mass is 16.1. The highest BCUT2D eigenvalue weighted by molar-refractivity contribution is 5.90. The molecule has 1 rings (SSSR count). The highest BCUT2D eigenvalue weighted by Crippen LogP contribution is 2.10. The van der Waals surface area contributed by atoms with E-state index < -0.39 is 0 Å². The van der Waals surface area contributed by atoms with Crippen LogP contribution in [-0.4, -0.2) is 13.0 Å². The topological polar surface area (TPSA) is 41.1 Å². The van der Waals surface area contributed by atoms with Crippen molar-refractivity contribution in [2.24, 2.45) is 0 Å². The number of amides is 1. The van der Waals surface area contributed by atoms with Crippen LogP contribution in [0.15, 0.2) is 36.9 Å². The van der Waals surface area contributed by atoms with Crippen molar-refractivity contribution in [2.45, 2.75) is 19.4 Å². The Labute approximate surface area is 96.6 Å². The molecule has 1 amide bonds. The van der Waals surface area contributed by atoms with Gasteiger partial charge in [0.25, 0.3) is 0 Å². The molecular formula is C13H18N2O. The Hall–Kier alpha value is -1.61. The van der Waals surface area contributed by atoms with Gasteiger partial charge in [-0.15, -0.1) is 6.58 Å². The van der Waals surface area contributed by atoms with E-state index in [2.05, 4.69) is 17.2 Å². The smallest absolute Gasteiger partial charge is 0.224 e. The van der Waals surface area contributed by atoms with Gasteiger partial charge in [0, 0.05) is 18.7 Å². The van der Waals surface area contributed by atoms with Crippen LogP contribution in [0.25, 0.3) is 0 Å². The van der Waals surface area contributed by atoms with Crippen molar-refractivity contribution in [3.63, 3.8) is 0 Å². The minimum absolute atomic E-state index is 0.0290. The van der Waals surface area contributed by atoms with Gasteiger partial charge in [-0.3, -0.25) is 4.79 Å². The monoisotopic (exact) mass is 218 g/mol. The summed E-state index contributed by atoms with van der Waals surface area (Å²) in [5.74, 6) is 0.0290. The molecule has 0 saturated heterocycles. The van der Waals surface area contributed by atoms with Crippen molar-refractivity contribution in [3.05, 3.63) is 42.5 Å². The molecule has 0 aliphatic heterocycles. The fraction of sp³-hybridized carbons (Fsp3) is 0.308. The summed E-state index contributed by atoms with van der Waals surface area (Å²) in [7, 11) is 1.91. The summed E-state index contributed by atoms with van der Waals surface area (Å²) in [6.07, 6.45) is 2.95. The molecule has 0 aromatic heterocycles. The lowest BCUT2D eigenvalue weighted by Gasteiger charge is -2.05. The first-order valence-electron chi connectivity index (χ1n) is 5.40. The van der Waals surface area contributed by atoms with Crippen LogP contribution in [0, 0.1) is 0 Å². The summed E-state index contributed by atoms with van der Waals surface area (Å²) in [4.78, 5) is 11.4.